The molecule has 0 bridgehead atoms. The van der Waals surface area contributed by atoms with Crippen molar-refractivity contribution in [2.75, 3.05) is 32.9 Å². The number of carbonyl (C=O) groups excluding carboxylic acids is 1. The van der Waals surface area contributed by atoms with E-state index in [9.17, 15) is 4.79 Å². The van der Waals surface area contributed by atoms with Crippen molar-refractivity contribution in [2.45, 2.75) is 13.0 Å². The summed E-state index contributed by atoms with van der Waals surface area (Å²) in [6.07, 6.45) is 0. The SMILES string of the molecule is CC(CN)C(=O)N1CCOCC1CO. The normalized spacial score (nSPS) is 24.8. The molecule has 1 aliphatic rings. The fourth-order valence-electron chi connectivity index (χ4n) is 1.48. The Morgan fingerprint density at radius 2 is 2.50 bits per heavy atom. The van der Waals surface area contributed by atoms with Gasteiger partial charge in [-0.2, -0.15) is 0 Å². The summed E-state index contributed by atoms with van der Waals surface area (Å²) in [7, 11) is 0. The van der Waals surface area contributed by atoms with Crippen LogP contribution in [0.4, 0.5) is 0 Å². The molecule has 0 radical (unpaired) electrons. The van der Waals surface area contributed by atoms with Gasteiger partial charge >= 0.3 is 0 Å². The molecule has 1 rings (SSSR count). The van der Waals surface area contributed by atoms with Gasteiger partial charge in [-0.3, -0.25) is 4.79 Å². The fourth-order valence-corrected chi connectivity index (χ4v) is 1.48. The number of amides is 1. The second-order valence-corrected chi connectivity index (χ2v) is 3.58. The molecule has 2 atom stereocenters. The quantitative estimate of drug-likeness (QED) is 0.603. The van der Waals surface area contributed by atoms with Crippen LogP contribution in [0.15, 0.2) is 0 Å². The first-order valence-corrected chi connectivity index (χ1v) is 4.89. The second kappa shape index (κ2) is 5.29. The number of ether oxygens (including phenoxy) is 1. The third kappa shape index (κ3) is 2.43. The van der Waals surface area contributed by atoms with E-state index in [1.807, 2.05) is 0 Å². The molecule has 14 heavy (non-hydrogen) atoms. The van der Waals surface area contributed by atoms with Crippen molar-refractivity contribution in [1.29, 1.82) is 0 Å². The Bertz CT molecular complexity index is 198. The lowest BCUT2D eigenvalue weighted by atomic mass is 10.1. The second-order valence-electron chi connectivity index (χ2n) is 3.58. The van der Waals surface area contributed by atoms with Crippen LogP contribution in [-0.4, -0.2) is 54.9 Å². The van der Waals surface area contributed by atoms with Crippen LogP contribution in [-0.2, 0) is 9.53 Å². The molecule has 1 aliphatic heterocycles. The highest BCUT2D eigenvalue weighted by atomic mass is 16.5. The zero-order chi connectivity index (χ0) is 10.6. The van der Waals surface area contributed by atoms with Crippen molar-refractivity contribution in [1.82, 2.24) is 4.90 Å². The molecule has 0 aromatic heterocycles. The number of hydrogen-bond donors (Lipinski definition) is 2. The first-order chi connectivity index (χ1) is 6.70. The van der Waals surface area contributed by atoms with Crippen molar-refractivity contribution < 1.29 is 14.6 Å². The average molecular weight is 202 g/mol. The summed E-state index contributed by atoms with van der Waals surface area (Å²) in [6.45, 7) is 3.59. The number of aliphatic hydroxyl groups excluding tert-OH is 1. The topological polar surface area (TPSA) is 75.8 Å². The summed E-state index contributed by atoms with van der Waals surface area (Å²) in [5.41, 5.74) is 5.43. The largest absolute Gasteiger partial charge is 0.394 e. The lowest BCUT2D eigenvalue weighted by Crippen LogP contribution is -2.52. The Kier molecular flexibility index (Phi) is 4.31. The van der Waals surface area contributed by atoms with E-state index < -0.39 is 0 Å². The molecule has 1 amide bonds. The Balaban J connectivity index is 2.58. The molecule has 1 heterocycles. The molecule has 0 aliphatic carbocycles. The molecule has 1 saturated heterocycles. The van der Waals surface area contributed by atoms with Gasteiger partial charge in [-0.15, -0.1) is 0 Å². The summed E-state index contributed by atoms with van der Waals surface area (Å²) in [4.78, 5) is 13.4. The van der Waals surface area contributed by atoms with Gasteiger partial charge in [-0.05, 0) is 0 Å². The lowest BCUT2D eigenvalue weighted by Gasteiger charge is -2.35. The highest BCUT2D eigenvalue weighted by Crippen LogP contribution is 2.10. The number of nitrogens with zero attached hydrogens (tertiary/aromatic N) is 1. The van der Waals surface area contributed by atoms with E-state index in [2.05, 4.69) is 0 Å². The van der Waals surface area contributed by atoms with Crippen molar-refractivity contribution >= 4 is 5.91 Å². The summed E-state index contributed by atoms with van der Waals surface area (Å²) < 4.78 is 5.18. The van der Waals surface area contributed by atoms with Gasteiger partial charge in [0.05, 0.1) is 25.9 Å². The van der Waals surface area contributed by atoms with Gasteiger partial charge in [0.15, 0.2) is 0 Å². The van der Waals surface area contributed by atoms with Crippen molar-refractivity contribution in [3.8, 4) is 0 Å². The zero-order valence-electron chi connectivity index (χ0n) is 8.48. The first kappa shape index (κ1) is 11.4. The molecule has 2 unspecified atom stereocenters. The molecule has 5 nitrogen and oxygen atoms in total. The van der Waals surface area contributed by atoms with Crippen LogP contribution in [0.3, 0.4) is 0 Å². The number of hydrogen-bond acceptors (Lipinski definition) is 4. The van der Waals surface area contributed by atoms with E-state index in [0.29, 0.717) is 26.3 Å². The summed E-state index contributed by atoms with van der Waals surface area (Å²) in [5.74, 6) is -0.169. The Labute approximate surface area is 83.8 Å². The monoisotopic (exact) mass is 202 g/mol. The maximum atomic E-state index is 11.8. The molecular weight excluding hydrogens is 184 g/mol. The van der Waals surface area contributed by atoms with Gasteiger partial charge in [0, 0.05) is 19.0 Å². The summed E-state index contributed by atoms with van der Waals surface area (Å²) in [6, 6.07) is -0.203. The molecular formula is C9H18N2O3. The van der Waals surface area contributed by atoms with Crippen LogP contribution in [0.1, 0.15) is 6.92 Å². The molecule has 3 N–H and O–H groups in total. The zero-order valence-corrected chi connectivity index (χ0v) is 8.48. The third-order valence-electron chi connectivity index (χ3n) is 2.50. The molecule has 1 fully saturated rings. The third-order valence-corrected chi connectivity index (χ3v) is 2.50. The maximum Gasteiger partial charge on any atom is 0.227 e. The van der Waals surface area contributed by atoms with Crippen LogP contribution in [0.2, 0.25) is 0 Å². The van der Waals surface area contributed by atoms with E-state index in [4.69, 9.17) is 15.6 Å². The minimum Gasteiger partial charge on any atom is -0.394 e. The number of nitrogens with two attached hydrogens (primary N) is 1. The standard InChI is InChI=1S/C9H18N2O3/c1-7(4-10)9(13)11-2-3-14-6-8(11)5-12/h7-8,12H,2-6,10H2,1H3. The smallest absolute Gasteiger partial charge is 0.227 e. The Morgan fingerprint density at radius 3 is 3.07 bits per heavy atom. The van der Waals surface area contributed by atoms with Gasteiger partial charge < -0.3 is 20.5 Å². The number of morpholine rings is 1. The fraction of sp³-hybridized carbons (Fsp3) is 0.889. The molecule has 82 valence electrons. The average Bonchev–Trinajstić information content (AvgIpc) is 2.26. The van der Waals surface area contributed by atoms with Gasteiger partial charge in [0.1, 0.15) is 0 Å². The van der Waals surface area contributed by atoms with E-state index in [-0.39, 0.29) is 24.5 Å². The summed E-state index contributed by atoms with van der Waals surface area (Å²) >= 11 is 0. The Morgan fingerprint density at radius 1 is 1.79 bits per heavy atom. The summed E-state index contributed by atoms with van der Waals surface area (Å²) in [5, 5.41) is 9.06. The number of carbonyl (C=O) groups is 1. The molecule has 0 spiro atoms. The first-order valence-electron chi connectivity index (χ1n) is 4.89. The highest BCUT2D eigenvalue weighted by molar-refractivity contribution is 5.79. The van der Waals surface area contributed by atoms with Gasteiger partial charge in [0.2, 0.25) is 5.91 Å². The molecule has 0 aromatic rings. The maximum absolute atomic E-state index is 11.8. The minimum absolute atomic E-state index is 0.00912. The minimum atomic E-state index is -0.203. The van der Waals surface area contributed by atoms with Crippen LogP contribution in [0, 0.1) is 5.92 Å². The predicted molar refractivity (Wildman–Crippen MR) is 51.6 cm³/mol. The number of rotatable bonds is 3. The van der Waals surface area contributed by atoms with Crippen LogP contribution < -0.4 is 5.73 Å². The van der Waals surface area contributed by atoms with E-state index >= 15 is 0 Å². The van der Waals surface area contributed by atoms with Crippen LogP contribution >= 0.6 is 0 Å². The van der Waals surface area contributed by atoms with Gasteiger partial charge in [-0.1, -0.05) is 6.92 Å². The van der Waals surface area contributed by atoms with E-state index in [1.165, 1.54) is 0 Å². The highest BCUT2D eigenvalue weighted by Gasteiger charge is 2.28. The molecule has 0 saturated carbocycles. The Hall–Kier alpha value is -0.650. The molecule has 0 aromatic carbocycles. The van der Waals surface area contributed by atoms with Crippen molar-refractivity contribution in [2.24, 2.45) is 11.7 Å². The van der Waals surface area contributed by atoms with Crippen LogP contribution in [0.5, 0.6) is 0 Å². The van der Waals surface area contributed by atoms with Gasteiger partial charge in [0.25, 0.3) is 0 Å². The molecule has 5 heteroatoms. The lowest BCUT2D eigenvalue weighted by molar-refractivity contribution is -0.145. The van der Waals surface area contributed by atoms with E-state index in [0.717, 1.165) is 0 Å². The van der Waals surface area contributed by atoms with Gasteiger partial charge in [-0.25, -0.2) is 0 Å². The number of aliphatic hydroxyl groups is 1. The van der Waals surface area contributed by atoms with Crippen molar-refractivity contribution in [3.05, 3.63) is 0 Å². The predicted octanol–water partition coefficient (Wildman–Crippen LogP) is -1.20. The van der Waals surface area contributed by atoms with E-state index in [1.54, 1.807) is 11.8 Å². The van der Waals surface area contributed by atoms with Crippen LogP contribution in [0.25, 0.3) is 0 Å². The van der Waals surface area contributed by atoms with Crippen molar-refractivity contribution in [3.63, 3.8) is 0 Å².